The first kappa shape index (κ1) is 18.1. The number of nitrogens with zero attached hydrogens (tertiary/aromatic N) is 4. The van der Waals surface area contributed by atoms with Crippen molar-refractivity contribution in [3.05, 3.63) is 54.0 Å². The van der Waals surface area contributed by atoms with Crippen molar-refractivity contribution in [3.8, 4) is 0 Å². The van der Waals surface area contributed by atoms with Gasteiger partial charge in [-0.15, -0.1) is 0 Å². The second-order valence-electron chi connectivity index (χ2n) is 6.91. The van der Waals surface area contributed by atoms with E-state index in [1.54, 1.807) is 22.6 Å². The number of hydrogen-bond acceptors (Lipinski definition) is 4. The molecule has 142 valence electrons. The van der Waals surface area contributed by atoms with Crippen LogP contribution in [0.15, 0.2) is 47.5 Å². The molecule has 1 aliphatic heterocycles. The van der Waals surface area contributed by atoms with Gasteiger partial charge in [0.25, 0.3) is 0 Å². The summed E-state index contributed by atoms with van der Waals surface area (Å²) in [5.74, 6) is 1.02. The zero-order valence-corrected chi connectivity index (χ0v) is 16.5. The van der Waals surface area contributed by atoms with Crippen LogP contribution >= 0.6 is 0 Å². The predicted octanol–water partition coefficient (Wildman–Crippen LogP) is 3.19. The molecule has 6 nitrogen and oxygen atoms in total. The molecular formula is C20H24N4O2S. The number of sulfonamides is 1. The van der Waals surface area contributed by atoms with Gasteiger partial charge >= 0.3 is 0 Å². The summed E-state index contributed by atoms with van der Waals surface area (Å²) in [4.78, 5) is 9.57. The molecule has 27 heavy (non-hydrogen) atoms. The van der Waals surface area contributed by atoms with Gasteiger partial charge in [0.15, 0.2) is 5.65 Å². The Morgan fingerprint density at radius 2 is 1.93 bits per heavy atom. The van der Waals surface area contributed by atoms with Crippen LogP contribution in [0.4, 0.5) is 0 Å². The van der Waals surface area contributed by atoms with Gasteiger partial charge in [-0.1, -0.05) is 19.1 Å². The Labute approximate surface area is 159 Å². The van der Waals surface area contributed by atoms with Gasteiger partial charge in [0, 0.05) is 31.7 Å². The van der Waals surface area contributed by atoms with Crippen LogP contribution in [0.3, 0.4) is 0 Å². The highest BCUT2D eigenvalue weighted by molar-refractivity contribution is 7.89. The average Bonchev–Trinajstić information content (AvgIpc) is 3.32. The summed E-state index contributed by atoms with van der Waals surface area (Å²) in [5, 5.41) is 0. The molecule has 1 saturated heterocycles. The topological polar surface area (TPSA) is 68.1 Å². The van der Waals surface area contributed by atoms with Gasteiger partial charge in [-0.2, -0.15) is 4.31 Å². The Morgan fingerprint density at radius 3 is 2.63 bits per heavy atom. The summed E-state index contributed by atoms with van der Waals surface area (Å²) in [6.07, 6.45) is 3.44. The molecule has 1 atom stereocenters. The fraction of sp³-hybridized carbons (Fsp3) is 0.400. The van der Waals surface area contributed by atoms with E-state index in [9.17, 15) is 8.42 Å². The average molecular weight is 385 g/mol. The van der Waals surface area contributed by atoms with Crippen LogP contribution in [-0.4, -0.2) is 40.3 Å². The van der Waals surface area contributed by atoms with Gasteiger partial charge in [-0.05, 0) is 49.6 Å². The maximum absolute atomic E-state index is 13.0. The second-order valence-corrected chi connectivity index (χ2v) is 8.84. The third-order valence-electron chi connectivity index (χ3n) is 5.34. The van der Waals surface area contributed by atoms with E-state index in [-0.39, 0.29) is 5.92 Å². The number of aromatic nitrogens is 3. The van der Waals surface area contributed by atoms with Crippen LogP contribution in [0.1, 0.15) is 37.6 Å². The Morgan fingerprint density at radius 1 is 1.15 bits per heavy atom. The van der Waals surface area contributed by atoms with Gasteiger partial charge in [-0.3, -0.25) is 0 Å². The molecule has 0 saturated carbocycles. The van der Waals surface area contributed by atoms with Crippen LogP contribution in [-0.2, 0) is 23.0 Å². The molecular weight excluding hydrogens is 360 g/mol. The molecule has 0 amide bonds. The lowest BCUT2D eigenvalue weighted by atomic mass is 10.1. The molecule has 0 unspecified atom stereocenters. The van der Waals surface area contributed by atoms with Gasteiger partial charge < -0.3 is 4.57 Å². The molecule has 0 N–H and O–H groups in total. The zero-order valence-electron chi connectivity index (χ0n) is 15.7. The van der Waals surface area contributed by atoms with E-state index < -0.39 is 10.0 Å². The van der Waals surface area contributed by atoms with E-state index >= 15 is 0 Å². The minimum Gasteiger partial charge on any atom is -0.313 e. The lowest BCUT2D eigenvalue weighted by Crippen LogP contribution is -2.29. The molecule has 1 aromatic carbocycles. The Kier molecular flexibility index (Phi) is 4.74. The molecule has 7 heteroatoms. The summed E-state index contributed by atoms with van der Waals surface area (Å²) >= 11 is 0. The first-order chi connectivity index (χ1) is 13.0. The standard InChI is InChI=1S/C20H24N4O2S/c1-3-15-7-9-17(10-8-15)27(25,26)23-13-11-16(14-23)19-22-18-6-5-12-21-20(18)24(19)4-2/h5-10,12,16H,3-4,11,13-14H2,1-2H3/t16-/m1/s1. The van der Waals surface area contributed by atoms with Crippen LogP contribution in [0.2, 0.25) is 0 Å². The summed E-state index contributed by atoms with van der Waals surface area (Å²) in [6.45, 7) is 5.87. The van der Waals surface area contributed by atoms with E-state index in [4.69, 9.17) is 4.98 Å². The maximum atomic E-state index is 13.0. The van der Waals surface area contributed by atoms with Crippen molar-refractivity contribution in [1.82, 2.24) is 18.8 Å². The molecule has 1 aliphatic rings. The van der Waals surface area contributed by atoms with Gasteiger partial charge in [0.05, 0.1) is 4.90 Å². The fourth-order valence-electron chi connectivity index (χ4n) is 3.80. The summed E-state index contributed by atoms with van der Waals surface area (Å²) in [6, 6.07) is 11.0. The number of rotatable bonds is 5. The van der Waals surface area contributed by atoms with Crippen LogP contribution < -0.4 is 0 Å². The Balaban J connectivity index is 1.61. The van der Waals surface area contributed by atoms with E-state index in [0.717, 1.165) is 41.9 Å². The molecule has 3 heterocycles. The van der Waals surface area contributed by atoms with E-state index in [0.29, 0.717) is 18.0 Å². The number of pyridine rings is 1. The number of fused-ring (bicyclic) bond motifs is 1. The van der Waals surface area contributed by atoms with Crippen LogP contribution in [0.5, 0.6) is 0 Å². The van der Waals surface area contributed by atoms with E-state index in [1.807, 2.05) is 24.3 Å². The van der Waals surface area contributed by atoms with Crippen molar-refractivity contribution in [1.29, 1.82) is 0 Å². The van der Waals surface area contributed by atoms with E-state index in [1.165, 1.54) is 0 Å². The van der Waals surface area contributed by atoms with Crippen LogP contribution in [0, 0.1) is 0 Å². The molecule has 3 aromatic rings. The molecule has 0 radical (unpaired) electrons. The fourth-order valence-corrected chi connectivity index (χ4v) is 5.30. The normalized spacial score (nSPS) is 18.4. The SMILES string of the molecule is CCc1ccc(S(=O)(=O)N2CC[C@@H](c3nc4cccnc4n3CC)C2)cc1. The minimum atomic E-state index is -3.47. The predicted molar refractivity (Wildman–Crippen MR) is 105 cm³/mol. The number of aryl methyl sites for hydroxylation is 2. The quantitative estimate of drug-likeness (QED) is 0.677. The lowest BCUT2D eigenvalue weighted by Gasteiger charge is -2.17. The minimum absolute atomic E-state index is 0.0869. The highest BCUT2D eigenvalue weighted by Crippen LogP contribution is 2.32. The molecule has 2 aromatic heterocycles. The highest BCUT2D eigenvalue weighted by atomic mass is 32.2. The van der Waals surface area contributed by atoms with Crippen molar-refractivity contribution < 1.29 is 8.42 Å². The smallest absolute Gasteiger partial charge is 0.243 e. The van der Waals surface area contributed by atoms with Crippen molar-refractivity contribution in [3.63, 3.8) is 0 Å². The first-order valence-electron chi connectivity index (χ1n) is 9.44. The third-order valence-corrected chi connectivity index (χ3v) is 7.21. The molecule has 0 aliphatic carbocycles. The summed E-state index contributed by atoms with van der Waals surface area (Å²) in [5.41, 5.74) is 2.87. The molecule has 1 fully saturated rings. The third kappa shape index (κ3) is 3.15. The Bertz CT molecular complexity index is 1060. The first-order valence-corrected chi connectivity index (χ1v) is 10.9. The largest absolute Gasteiger partial charge is 0.313 e. The van der Waals surface area contributed by atoms with Gasteiger partial charge in [-0.25, -0.2) is 18.4 Å². The number of imidazole rings is 1. The monoisotopic (exact) mass is 384 g/mol. The van der Waals surface area contributed by atoms with Crippen molar-refractivity contribution in [2.24, 2.45) is 0 Å². The molecule has 0 spiro atoms. The summed E-state index contributed by atoms with van der Waals surface area (Å²) < 4.78 is 29.7. The number of hydrogen-bond donors (Lipinski definition) is 0. The van der Waals surface area contributed by atoms with E-state index in [2.05, 4.69) is 23.4 Å². The van der Waals surface area contributed by atoms with Gasteiger partial charge in [0.1, 0.15) is 11.3 Å². The van der Waals surface area contributed by atoms with Crippen molar-refractivity contribution >= 4 is 21.2 Å². The van der Waals surface area contributed by atoms with Crippen molar-refractivity contribution in [2.75, 3.05) is 13.1 Å². The maximum Gasteiger partial charge on any atom is 0.243 e. The Hall–Kier alpha value is -2.25. The zero-order chi connectivity index (χ0) is 19.0. The van der Waals surface area contributed by atoms with Crippen LogP contribution in [0.25, 0.3) is 11.2 Å². The van der Waals surface area contributed by atoms with Gasteiger partial charge in [0.2, 0.25) is 10.0 Å². The second kappa shape index (κ2) is 7.05. The van der Waals surface area contributed by atoms with Crippen molar-refractivity contribution in [2.45, 2.75) is 44.0 Å². The highest BCUT2D eigenvalue weighted by Gasteiger charge is 2.35. The lowest BCUT2D eigenvalue weighted by molar-refractivity contribution is 0.469. The summed E-state index contributed by atoms with van der Waals surface area (Å²) in [7, 11) is -3.47. The number of benzene rings is 1. The molecule has 0 bridgehead atoms. The molecule has 4 rings (SSSR count).